The van der Waals surface area contributed by atoms with Gasteiger partial charge in [-0.1, -0.05) is 53.8 Å². The van der Waals surface area contributed by atoms with Crippen molar-refractivity contribution in [2.45, 2.75) is 33.4 Å². The summed E-state index contributed by atoms with van der Waals surface area (Å²) in [5.41, 5.74) is 5.04. The SMILES string of the molecule is CCOC(=O)C1=C(C)N=c2s/c(=C\c3c(C)n(Cc4ccc([N+](=O)[O-])cc4)c4ccccc34)c(=O)n2[C@H]1c1ccc(OC)cc1. The first-order valence-electron chi connectivity index (χ1n) is 14.4. The first kappa shape index (κ1) is 29.8. The third kappa shape index (κ3) is 5.35. The molecule has 5 aromatic rings. The molecular weight excluding hydrogens is 592 g/mol. The Morgan fingerprint density at radius 3 is 2.44 bits per heavy atom. The van der Waals surface area contributed by atoms with Gasteiger partial charge in [0.2, 0.25) is 0 Å². The highest BCUT2D eigenvalue weighted by Crippen LogP contribution is 2.32. The molecule has 0 spiro atoms. The van der Waals surface area contributed by atoms with Gasteiger partial charge in [-0.25, -0.2) is 9.79 Å². The van der Waals surface area contributed by atoms with E-state index in [1.165, 1.54) is 23.5 Å². The van der Waals surface area contributed by atoms with E-state index in [1.54, 1.807) is 49.8 Å². The van der Waals surface area contributed by atoms with Crippen molar-refractivity contribution in [2.75, 3.05) is 13.7 Å². The molecule has 0 bridgehead atoms. The Balaban J connectivity index is 1.51. The van der Waals surface area contributed by atoms with Gasteiger partial charge in [0.05, 0.1) is 40.5 Å². The van der Waals surface area contributed by atoms with E-state index in [9.17, 15) is 19.7 Å². The Bertz CT molecular complexity index is 2170. The van der Waals surface area contributed by atoms with Gasteiger partial charge in [0.25, 0.3) is 11.2 Å². The molecule has 0 saturated heterocycles. The number of ether oxygens (including phenoxy) is 2. The molecule has 6 rings (SSSR count). The summed E-state index contributed by atoms with van der Waals surface area (Å²) in [5.74, 6) is 0.143. The number of non-ortho nitro benzene ring substituents is 1. The lowest BCUT2D eigenvalue weighted by molar-refractivity contribution is -0.384. The second-order valence-electron chi connectivity index (χ2n) is 10.6. The molecule has 0 radical (unpaired) electrons. The molecule has 0 saturated carbocycles. The van der Waals surface area contributed by atoms with Crippen molar-refractivity contribution in [3.05, 3.63) is 136 Å². The van der Waals surface area contributed by atoms with Gasteiger partial charge >= 0.3 is 5.97 Å². The minimum Gasteiger partial charge on any atom is -0.497 e. The molecule has 3 heterocycles. The monoisotopic (exact) mass is 622 g/mol. The topological polar surface area (TPSA) is 118 Å². The fourth-order valence-electron chi connectivity index (χ4n) is 5.77. The number of nitro groups is 1. The number of nitrogens with zero attached hydrogens (tertiary/aromatic N) is 4. The molecule has 45 heavy (non-hydrogen) atoms. The zero-order valence-corrected chi connectivity index (χ0v) is 26.0. The third-order valence-electron chi connectivity index (χ3n) is 7.99. The molecule has 2 aromatic heterocycles. The second kappa shape index (κ2) is 12.0. The Hall–Kier alpha value is -5.29. The maximum Gasteiger partial charge on any atom is 0.338 e. The average molecular weight is 623 g/mol. The molecule has 0 unspecified atom stereocenters. The first-order chi connectivity index (χ1) is 21.7. The number of rotatable bonds is 8. The molecule has 0 fully saturated rings. The summed E-state index contributed by atoms with van der Waals surface area (Å²) in [6, 6.07) is 21.0. The summed E-state index contributed by atoms with van der Waals surface area (Å²) in [6.07, 6.45) is 1.89. The number of methoxy groups -OCH3 is 1. The summed E-state index contributed by atoms with van der Waals surface area (Å²) in [6.45, 7) is 6.19. The quantitative estimate of drug-likeness (QED) is 0.136. The number of aromatic nitrogens is 2. The van der Waals surface area contributed by atoms with Crippen LogP contribution in [0.2, 0.25) is 0 Å². The largest absolute Gasteiger partial charge is 0.497 e. The van der Waals surface area contributed by atoms with Crippen LogP contribution < -0.4 is 19.6 Å². The first-order valence-corrected chi connectivity index (χ1v) is 15.2. The highest BCUT2D eigenvalue weighted by Gasteiger charge is 2.33. The highest BCUT2D eigenvalue weighted by atomic mass is 32.1. The predicted molar refractivity (Wildman–Crippen MR) is 172 cm³/mol. The molecule has 3 aromatic carbocycles. The van der Waals surface area contributed by atoms with Gasteiger partial charge in [-0.2, -0.15) is 0 Å². The van der Waals surface area contributed by atoms with Crippen molar-refractivity contribution in [1.29, 1.82) is 0 Å². The van der Waals surface area contributed by atoms with E-state index in [2.05, 4.69) is 4.57 Å². The smallest absolute Gasteiger partial charge is 0.338 e. The van der Waals surface area contributed by atoms with E-state index in [-0.39, 0.29) is 17.9 Å². The lowest BCUT2D eigenvalue weighted by atomic mass is 9.96. The van der Waals surface area contributed by atoms with Crippen LogP contribution in [-0.4, -0.2) is 33.7 Å². The molecule has 1 atom stereocenters. The van der Waals surface area contributed by atoms with Crippen LogP contribution in [0.25, 0.3) is 17.0 Å². The Morgan fingerprint density at radius 2 is 1.78 bits per heavy atom. The number of para-hydroxylation sites is 1. The molecule has 0 aliphatic carbocycles. The van der Waals surface area contributed by atoms with Crippen LogP contribution in [0.4, 0.5) is 5.69 Å². The van der Waals surface area contributed by atoms with Gasteiger partial charge in [-0.05, 0) is 56.2 Å². The third-order valence-corrected chi connectivity index (χ3v) is 8.97. The van der Waals surface area contributed by atoms with E-state index >= 15 is 0 Å². The van der Waals surface area contributed by atoms with Crippen molar-refractivity contribution in [1.82, 2.24) is 9.13 Å². The number of carbonyl (C=O) groups is 1. The number of hydrogen-bond acceptors (Lipinski definition) is 8. The zero-order chi connectivity index (χ0) is 31.8. The van der Waals surface area contributed by atoms with Crippen molar-refractivity contribution in [3.8, 4) is 5.75 Å². The van der Waals surface area contributed by atoms with E-state index in [4.69, 9.17) is 14.5 Å². The van der Waals surface area contributed by atoms with Gasteiger partial charge in [0.15, 0.2) is 4.80 Å². The van der Waals surface area contributed by atoms with Gasteiger partial charge in [-0.3, -0.25) is 19.5 Å². The van der Waals surface area contributed by atoms with E-state index in [0.717, 1.165) is 33.3 Å². The fourth-order valence-corrected chi connectivity index (χ4v) is 6.80. The average Bonchev–Trinajstić information content (AvgIpc) is 3.49. The number of thiazole rings is 1. The summed E-state index contributed by atoms with van der Waals surface area (Å²) in [4.78, 5) is 43.3. The van der Waals surface area contributed by atoms with Crippen molar-refractivity contribution in [2.24, 2.45) is 4.99 Å². The lowest BCUT2D eigenvalue weighted by Gasteiger charge is -2.24. The molecule has 11 heteroatoms. The molecule has 10 nitrogen and oxygen atoms in total. The zero-order valence-electron chi connectivity index (χ0n) is 25.1. The Labute approximate surface area is 262 Å². The summed E-state index contributed by atoms with van der Waals surface area (Å²) >= 11 is 1.27. The van der Waals surface area contributed by atoms with Crippen LogP contribution in [-0.2, 0) is 16.1 Å². The van der Waals surface area contributed by atoms with E-state index in [0.29, 0.717) is 32.9 Å². The van der Waals surface area contributed by atoms with Crippen LogP contribution in [0.15, 0.2) is 93.9 Å². The molecule has 1 aliphatic heterocycles. The van der Waals surface area contributed by atoms with Crippen molar-refractivity contribution < 1.29 is 19.2 Å². The normalized spacial score (nSPS) is 14.8. The number of nitro benzene ring substituents is 1. The van der Waals surface area contributed by atoms with Crippen LogP contribution in [0.1, 0.15) is 42.3 Å². The van der Waals surface area contributed by atoms with E-state index < -0.39 is 16.9 Å². The van der Waals surface area contributed by atoms with E-state index in [1.807, 2.05) is 49.4 Å². The Morgan fingerprint density at radius 1 is 1.07 bits per heavy atom. The molecule has 228 valence electrons. The minimum atomic E-state index is -0.724. The second-order valence-corrected chi connectivity index (χ2v) is 11.6. The van der Waals surface area contributed by atoms with Crippen LogP contribution in [0.5, 0.6) is 5.75 Å². The number of fused-ring (bicyclic) bond motifs is 2. The van der Waals surface area contributed by atoms with Crippen LogP contribution in [0.3, 0.4) is 0 Å². The maximum absolute atomic E-state index is 14.2. The number of hydrogen-bond donors (Lipinski definition) is 0. The summed E-state index contributed by atoms with van der Waals surface area (Å²) in [5, 5.41) is 12.1. The number of allylic oxidation sites excluding steroid dienone is 1. The molecule has 0 amide bonds. The number of esters is 1. The number of carbonyl (C=O) groups excluding carboxylic acids is 1. The Kier molecular flexibility index (Phi) is 7.94. The molecular formula is C34H30N4O6S. The van der Waals surface area contributed by atoms with Crippen LogP contribution >= 0.6 is 11.3 Å². The fraction of sp³-hybridized carbons (Fsp3) is 0.206. The van der Waals surface area contributed by atoms with Crippen molar-refractivity contribution >= 4 is 40.0 Å². The van der Waals surface area contributed by atoms with Crippen molar-refractivity contribution in [3.63, 3.8) is 0 Å². The van der Waals surface area contributed by atoms with Crippen LogP contribution in [0, 0.1) is 17.0 Å². The van der Waals surface area contributed by atoms with Gasteiger partial charge in [0, 0.05) is 40.8 Å². The summed E-state index contributed by atoms with van der Waals surface area (Å²) in [7, 11) is 1.58. The molecule has 0 N–H and O–H groups in total. The molecule has 1 aliphatic rings. The standard InChI is InChI=1S/C34H30N4O6S/c1-5-44-33(40)30-20(2)35-34-37(31(30)23-12-16-25(43-4)17-13-23)32(39)29(45-34)18-27-21(3)36(28-9-7-6-8-26(27)28)19-22-10-14-24(15-11-22)38(41)42/h6-18,31H,5,19H2,1-4H3/b29-18-/t31-/m0/s1. The minimum absolute atomic E-state index is 0.0400. The van der Waals surface area contributed by atoms with Gasteiger partial charge in [0.1, 0.15) is 5.75 Å². The number of benzene rings is 3. The lowest BCUT2D eigenvalue weighted by Crippen LogP contribution is -2.39. The highest BCUT2D eigenvalue weighted by molar-refractivity contribution is 7.07. The van der Waals surface area contributed by atoms with Gasteiger partial charge in [-0.15, -0.1) is 0 Å². The summed E-state index contributed by atoms with van der Waals surface area (Å²) < 4.78 is 14.9. The predicted octanol–water partition coefficient (Wildman–Crippen LogP) is 5.03. The maximum atomic E-state index is 14.2. The van der Waals surface area contributed by atoms with Gasteiger partial charge < -0.3 is 14.0 Å².